The van der Waals surface area contributed by atoms with Crippen LogP contribution in [0.1, 0.15) is 29.1 Å². The predicted molar refractivity (Wildman–Crippen MR) is 208 cm³/mol. The largest absolute Gasteiger partial charge is 0.309 e. The van der Waals surface area contributed by atoms with E-state index in [1.165, 1.54) is 44.1 Å². The summed E-state index contributed by atoms with van der Waals surface area (Å²) in [6.45, 7) is 0. The smallest absolute Gasteiger partial charge is 0.0725 e. The van der Waals surface area contributed by atoms with Crippen LogP contribution < -0.4 is 0 Å². The van der Waals surface area contributed by atoms with Crippen molar-refractivity contribution >= 4 is 21.8 Å². The molecular formula is C49H31N. The zero-order valence-electron chi connectivity index (χ0n) is 32.0. The van der Waals surface area contributed by atoms with Gasteiger partial charge in [-0.05, 0) is 109 Å². The van der Waals surface area contributed by atoms with Crippen LogP contribution in [0.5, 0.6) is 0 Å². The zero-order valence-corrected chi connectivity index (χ0v) is 27.0. The van der Waals surface area contributed by atoms with Crippen LogP contribution in [0.15, 0.2) is 188 Å². The molecule has 0 bridgehead atoms. The van der Waals surface area contributed by atoms with Crippen LogP contribution in [0.3, 0.4) is 0 Å². The van der Waals surface area contributed by atoms with Crippen molar-refractivity contribution < 1.29 is 6.85 Å². The lowest BCUT2D eigenvalue weighted by Gasteiger charge is -2.31. The highest BCUT2D eigenvalue weighted by Gasteiger charge is 2.51. The summed E-state index contributed by atoms with van der Waals surface area (Å²) in [4.78, 5) is 0. The topological polar surface area (TPSA) is 4.93 Å². The molecule has 0 saturated heterocycles. The minimum atomic E-state index is -0.690. The lowest BCUT2D eigenvalue weighted by Crippen LogP contribution is -2.26. The van der Waals surface area contributed by atoms with Crippen molar-refractivity contribution in [2.45, 2.75) is 5.41 Å². The van der Waals surface area contributed by atoms with E-state index in [0.717, 1.165) is 39.0 Å². The molecule has 9 aromatic rings. The van der Waals surface area contributed by atoms with Gasteiger partial charge in [0.2, 0.25) is 0 Å². The number of hydrogen-bond donors (Lipinski definition) is 0. The van der Waals surface area contributed by atoms with Crippen LogP contribution in [-0.2, 0) is 5.41 Å². The highest BCUT2D eigenvalue weighted by molar-refractivity contribution is 6.10. The minimum Gasteiger partial charge on any atom is -0.309 e. The quantitative estimate of drug-likeness (QED) is 0.181. The third kappa shape index (κ3) is 3.61. The van der Waals surface area contributed by atoms with E-state index in [4.69, 9.17) is 6.85 Å². The fraction of sp³-hybridized carbons (Fsp3) is 0.0204. The molecule has 1 nitrogen and oxygen atoms in total. The van der Waals surface area contributed by atoms with Crippen molar-refractivity contribution in [3.05, 3.63) is 210 Å². The first-order chi connectivity index (χ1) is 26.9. The molecule has 1 spiro atoms. The van der Waals surface area contributed by atoms with Crippen molar-refractivity contribution in [3.8, 4) is 50.2 Å². The second-order valence-electron chi connectivity index (χ2n) is 13.3. The molecule has 0 aliphatic heterocycles. The number of nitrogens with zero attached hydrogens (tertiary/aromatic N) is 1. The van der Waals surface area contributed by atoms with Crippen molar-refractivity contribution in [1.82, 2.24) is 4.57 Å². The normalized spacial score (nSPS) is 14.8. The molecule has 0 atom stereocenters. The third-order valence-corrected chi connectivity index (χ3v) is 10.9. The third-order valence-electron chi connectivity index (χ3n) is 10.9. The Morgan fingerprint density at radius 3 is 1.60 bits per heavy atom. The number of benzene rings is 8. The molecule has 1 heterocycles. The number of hydrogen-bond acceptors (Lipinski definition) is 0. The summed E-state index contributed by atoms with van der Waals surface area (Å²) in [7, 11) is 0. The highest BCUT2D eigenvalue weighted by atomic mass is 15.0. The lowest BCUT2D eigenvalue weighted by molar-refractivity contribution is 0.794. The standard InChI is InChI=1S/C49H31N/c1-3-13-32(14-4-1)34-23-26-39-40-27-24-35(31-46(40)49(45(39)30-34)43-20-10-7-17-37(43)38-18-8-11-21-44(38)49)33-25-28-48-42(29-33)41-19-9-12-22-47(41)50(48)36-15-5-2-6-16-36/h1-31H/i1D,3D,4D,13D,14D. The summed E-state index contributed by atoms with van der Waals surface area (Å²) in [5.41, 5.74) is 14.9. The van der Waals surface area contributed by atoms with Gasteiger partial charge in [0.25, 0.3) is 0 Å². The maximum Gasteiger partial charge on any atom is 0.0725 e. The minimum absolute atomic E-state index is 0.200. The molecule has 0 unspecified atom stereocenters. The summed E-state index contributed by atoms with van der Waals surface area (Å²) in [6, 6.07) is 54.5. The molecule has 0 amide bonds. The molecule has 232 valence electrons. The Morgan fingerprint density at radius 2 is 0.900 bits per heavy atom. The van der Waals surface area contributed by atoms with E-state index in [1.54, 1.807) is 0 Å². The Balaban J connectivity index is 1.17. The fourth-order valence-corrected chi connectivity index (χ4v) is 8.88. The van der Waals surface area contributed by atoms with Gasteiger partial charge >= 0.3 is 0 Å². The molecule has 2 aliphatic rings. The summed E-state index contributed by atoms with van der Waals surface area (Å²) < 4.78 is 45.1. The molecule has 0 N–H and O–H groups in total. The van der Waals surface area contributed by atoms with Gasteiger partial charge in [0.1, 0.15) is 0 Å². The van der Waals surface area contributed by atoms with E-state index < -0.39 is 11.5 Å². The second-order valence-corrected chi connectivity index (χ2v) is 13.3. The van der Waals surface area contributed by atoms with Gasteiger partial charge in [-0.15, -0.1) is 0 Å². The molecule has 0 saturated carbocycles. The van der Waals surface area contributed by atoms with E-state index in [2.05, 4.69) is 150 Å². The average Bonchev–Trinajstić information content (AvgIpc) is 3.83. The zero-order chi connectivity index (χ0) is 37.2. The number of fused-ring (bicyclic) bond motifs is 13. The monoisotopic (exact) mass is 638 g/mol. The van der Waals surface area contributed by atoms with Gasteiger partial charge in [-0.2, -0.15) is 0 Å². The molecule has 0 fully saturated rings. The van der Waals surface area contributed by atoms with Crippen LogP contribution in [0.25, 0.3) is 72.0 Å². The van der Waals surface area contributed by atoms with Gasteiger partial charge in [0.15, 0.2) is 0 Å². The Hall–Kier alpha value is -6.44. The first-order valence-corrected chi connectivity index (χ1v) is 17.0. The van der Waals surface area contributed by atoms with E-state index in [9.17, 15) is 0 Å². The lowest BCUT2D eigenvalue weighted by atomic mass is 9.70. The van der Waals surface area contributed by atoms with E-state index >= 15 is 0 Å². The Morgan fingerprint density at radius 1 is 0.380 bits per heavy atom. The van der Waals surface area contributed by atoms with E-state index in [1.807, 2.05) is 12.1 Å². The van der Waals surface area contributed by atoms with Gasteiger partial charge in [-0.25, -0.2) is 0 Å². The maximum atomic E-state index is 8.84. The van der Waals surface area contributed by atoms with Crippen LogP contribution in [0.2, 0.25) is 0 Å². The van der Waals surface area contributed by atoms with Gasteiger partial charge < -0.3 is 4.57 Å². The summed E-state index contributed by atoms with van der Waals surface area (Å²) in [6.07, 6.45) is 0. The molecular weight excluding hydrogens is 603 g/mol. The fourth-order valence-electron chi connectivity index (χ4n) is 8.88. The van der Waals surface area contributed by atoms with Gasteiger partial charge in [-0.3, -0.25) is 0 Å². The van der Waals surface area contributed by atoms with Crippen molar-refractivity contribution in [1.29, 1.82) is 0 Å². The van der Waals surface area contributed by atoms with Gasteiger partial charge in [0.05, 0.1) is 23.3 Å². The molecule has 50 heavy (non-hydrogen) atoms. The Labute approximate surface area is 298 Å². The maximum absolute atomic E-state index is 8.84. The predicted octanol–water partition coefficient (Wildman–Crippen LogP) is 12.5. The van der Waals surface area contributed by atoms with Gasteiger partial charge in [-0.1, -0.05) is 145 Å². The Bertz CT molecular complexity index is 3030. The highest BCUT2D eigenvalue weighted by Crippen LogP contribution is 2.63. The molecule has 1 heteroatoms. The van der Waals surface area contributed by atoms with Crippen LogP contribution in [-0.4, -0.2) is 4.57 Å². The molecule has 0 radical (unpaired) electrons. The van der Waals surface area contributed by atoms with Crippen LogP contribution in [0, 0.1) is 0 Å². The summed E-state index contributed by atoms with van der Waals surface area (Å²) in [5, 5.41) is 2.39. The SMILES string of the molecule is [2H]c1c([2H])c([2H])c(-c2ccc3c(c2)C2(c4ccccc4-c4ccccc42)c2cc(-c4ccc5c(c4)c4ccccc4n5-c4ccccc4)ccc2-3)c([2H])c1[2H]. The van der Waals surface area contributed by atoms with Gasteiger partial charge in [0, 0.05) is 16.5 Å². The first kappa shape index (κ1) is 23.0. The molecule has 8 aromatic carbocycles. The van der Waals surface area contributed by atoms with E-state index in [-0.39, 0.29) is 29.7 Å². The van der Waals surface area contributed by atoms with Crippen molar-refractivity contribution in [2.24, 2.45) is 0 Å². The first-order valence-electron chi connectivity index (χ1n) is 19.5. The Kier molecular flexibility index (Phi) is 4.73. The van der Waals surface area contributed by atoms with E-state index in [0.29, 0.717) is 5.56 Å². The van der Waals surface area contributed by atoms with Crippen LogP contribution in [0.4, 0.5) is 0 Å². The number of aromatic nitrogens is 1. The molecule has 2 aliphatic carbocycles. The number of para-hydroxylation sites is 2. The van der Waals surface area contributed by atoms with Crippen molar-refractivity contribution in [3.63, 3.8) is 0 Å². The second kappa shape index (κ2) is 10.3. The summed E-state index contributed by atoms with van der Waals surface area (Å²) in [5.74, 6) is 0. The number of rotatable bonds is 3. The summed E-state index contributed by atoms with van der Waals surface area (Å²) >= 11 is 0. The van der Waals surface area contributed by atoms with Crippen molar-refractivity contribution in [2.75, 3.05) is 0 Å². The van der Waals surface area contributed by atoms with Crippen LogP contribution >= 0.6 is 0 Å². The molecule has 11 rings (SSSR count). The average molecular weight is 639 g/mol. The molecule has 1 aromatic heterocycles.